The van der Waals surface area contributed by atoms with Crippen molar-refractivity contribution in [3.05, 3.63) is 46.6 Å². The Hall–Kier alpha value is -1.59. The lowest BCUT2D eigenvalue weighted by Crippen LogP contribution is -1.99. The fourth-order valence-electron chi connectivity index (χ4n) is 1.60. The molecule has 0 fully saturated rings. The second-order valence-corrected chi connectivity index (χ2v) is 4.77. The molecule has 0 unspecified atom stereocenters. The standard InChI is InChI=1S/C13H14BrN3O/c1-18-8-9-3-2-4-11(5-9)17-13-12(15)6-10(14)7-16-13/h2-7H,8,15H2,1H3,(H,16,17). The number of nitrogens with zero attached hydrogens (tertiary/aromatic N) is 1. The Balaban J connectivity index is 2.20. The summed E-state index contributed by atoms with van der Waals surface area (Å²) >= 11 is 3.33. The predicted octanol–water partition coefficient (Wildman–Crippen LogP) is 3.32. The number of ether oxygens (including phenoxy) is 1. The molecular weight excluding hydrogens is 294 g/mol. The van der Waals surface area contributed by atoms with Crippen molar-refractivity contribution >= 4 is 33.1 Å². The smallest absolute Gasteiger partial charge is 0.153 e. The summed E-state index contributed by atoms with van der Waals surface area (Å²) in [5.41, 5.74) is 8.52. The van der Waals surface area contributed by atoms with E-state index in [1.54, 1.807) is 13.3 Å². The van der Waals surface area contributed by atoms with Crippen molar-refractivity contribution < 1.29 is 4.74 Å². The third kappa shape index (κ3) is 3.21. The molecule has 1 aromatic heterocycles. The number of methoxy groups -OCH3 is 1. The van der Waals surface area contributed by atoms with Gasteiger partial charge in [-0.2, -0.15) is 0 Å². The minimum absolute atomic E-state index is 0.582. The predicted molar refractivity (Wildman–Crippen MR) is 76.8 cm³/mol. The number of nitrogens with two attached hydrogens (primary N) is 1. The minimum Gasteiger partial charge on any atom is -0.396 e. The molecule has 0 atom stereocenters. The van der Waals surface area contributed by atoms with Crippen molar-refractivity contribution in [2.24, 2.45) is 0 Å². The number of nitrogen functional groups attached to an aromatic ring is 1. The number of pyridine rings is 1. The normalized spacial score (nSPS) is 10.3. The fraction of sp³-hybridized carbons (Fsp3) is 0.154. The number of hydrogen-bond acceptors (Lipinski definition) is 4. The molecule has 0 radical (unpaired) electrons. The molecule has 2 rings (SSSR count). The number of halogens is 1. The molecule has 2 aromatic rings. The van der Waals surface area contributed by atoms with Crippen LogP contribution in [0, 0.1) is 0 Å². The van der Waals surface area contributed by atoms with Crippen molar-refractivity contribution in [2.75, 3.05) is 18.2 Å². The molecule has 0 aliphatic rings. The van der Waals surface area contributed by atoms with E-state index in [0.29, 0.717) is 18.1 Å². The van der Waals surface area contributed by atoms with Crippen LogP contribution in [-0.4, -0.2) is 12.1 Å². The molecule has 1 heterocycles. The highest BCUT2D eigenvalue weighted by atomic mass is 79.9. The summed E-state index contributed by atoms with van der Waals surface area (Å²) in [6.07, 6.45) is 1.71. The number of benzene rings is 1. The van der Waals surface area contributed by atoms with Gasteiger partial charge < -0.3 is 15.8 Å². The van der Waals surface area contributed by atoms with Gasteiger partial charge >= 0.3 is 0 Å². The number of nitrogens with one attached hydrogen (secondary N) is 1. The topological polar surface area (TPSA) is 60.2 Å². The second-order valence-electron chi connectivity index (χ2n) is 3.85. The maximum absolute atomic E-state index is 5.89. The molecule has 0 saturated heterocycles. The first-order valence-corrected chi connectivity index (χ1v) is 6.24. The summed E-state index contributed by atoms with van der Waals surface area (Å²) in [6, 6.07) is 9.75. The van der Waals surface area contributed by atoms with E-state index in [4.69, 9.17) is 10.5 Å². The monoisotopic (exact) mass is 307 g/mol. The summed E-state index contributed by atoms with van der Waals surface area (Å²) in [7, 11) is 1.67. The first kappa shape index (κ1) is 12.9. The van der Waals surface area contributed by atoms with E-state index in [0.717, 1.165) is 15.7 Å². The zero-order valence-corrected chi connectivity index (χ0v) is 11.6. The van der Waals surface area contributed by atoms with Gasteiger partial charge in [0.2, 0.25) is 0 Å². The van der Waals surface area contributed by atoms with Crippen LogP contribution in [0.1, 0.15) is 5.56 Å². The molecule has 18 heavy (non-hydrogen) atoms. The van der Waals surface area contributed by atoms with Crippen molar-refractivity contribution in [3.8, 4) is 0 Å². The first-order valence-electron chi connectivity index (χ1n) is 5.45. The molecule has 5 heteroatoms. The first-order chi connectivity index (χ1) is 8.69. The fourth-order valence-corrected chi connectivity index (χ4v) is 1.95. The van der Waals surface area contributed by atoms with Gasteiger partial charge in [0.25, 0.3) is 0 Å². The molecule has 94 valence electrons. The number of anilines is 3. The molecule has 0 spiro atoms. The van der Waals surface area contributed by atoms with Crippen LogP contribution in [0.2, 0.25) is 0 Å². The van der Waals surface area contributed by atoms with Crippen LogP contribution >= 0.6 is 15.9 Å². The molecule has 0 amide bonds. The van der Waals surface area contributed by atoms with E-state index < -0.39 is 0 Å². The number of hydrogen-bond donors (Lipinski definition) is 2. The van der Waals surface area contributed by atoms with Gasteiger partial charge in [-0.15, -0.1) is 0 Å². The summed E-state index contributed by atoms with van der Waals surface area (Å²) in [5.74, 6) is 0.646. The lowest BCUT2D eigenvalue weighted by Gasteiger charge is -2.09. The van der Waals surface area contributed by atoms with E-state index >= 15 is 0 Å². The van der Waals surface area contributed by atoms with Gasteiger partial charge in [-0.1, -0.05) is 12.1 Å². The highest BCUT2D eigenvalue weighted by Gasteiger charge is 2.02. The second kappa shape index (κ2) is 5.84. The maximum atomic E-state index is 5.89. The van der Waals surface area contributed by atoms with Crippen LogP contribution in [0.4, 0.5) is 17.2 Å². The van der Waals surface area contributed by atoms with Gasteiger partial charge in [0.1, 0.15) is 0 Å². The highest BCUT2D eigenvalue weighted by molar-refractivity contribution is 9.10. The van der Waals surface area contributed by atoms with Crippen LogP contribution in [0.5, 0.6) is 0 Å². The largest absolute Gasteiger partial charge is 0.396 e. The van der Waals surface area contributed by atoms with Gasteiger partial charge in [0, 0.05) is 23.5 Å². The van der Waals surface area contributed by atoms with Crippen LogP contribution in [0.15, 0.2) is 41.0 Å². The Morgan fingerprint density at radius 1 is 1.39 bits per heavy atom. The highest BCUT2D eigenvalue weighted by Crippen LogP contribution is 2.24. The maximum Gasteiger partial charge on any atom is 0.153 e. The van der Waals surface area contributed by atoms with Crippen LogP contribution in [0.3, 0.4) is 0 Å². The zero-order valence-electron chi connectivity index (χ0n) is 9.98. The van der Waals surface area contributed by atoms with Gasteiger partial charge in [-0.05, 0) is 39.7 Å². The van der Waals surface area contributed by atoms with Crippen LogP contribution in [-0.2, 0) is 11.3 Å². The summed E-state index contributed by atoms with van der Waals surface area (Å²) in [5, 5.41) is 3.19. The zero-order chi connectivity index (χ0) is 13.0. The number of rotatable bonds is 4. The average Bonchev–Trinajstić information content (AvgIpc) is 2.34. The van der Waals surface area contributed by atoms with Gasteiger partial charge in [-0.3, -0.25) is 0 Å². The van der Waals surface area contributed by atoms with Gasteiger partial charge in [0.05, 0.1) is 12.3 Å². The molecule has 0 aliphatic heterocycles. The van der Waals surface area contributed by atoms with Gasteiger partial charge in [-0.25, -0.2) is 4.98 Å². The quantitative estimate of drug-likeness (QED) is 0.909. The Labute approximate surface area is 114 Å². The molecule has 1 aromatic carbocycles. The van der Waals surface area contributed by atoms with E-state index in [1.165, 1.54) is 0 Å². The van der Waals surface area contributed by atoms with Crippen molar-refractivity contribution in [1.82, 2.24) is 4.98 Å². The SMILES string of the molecule is COCc1cccc(Nc2ncc(Br)cc2N)c1. The summed E-state index contributed by atoms with van der Waals surface area (Å²) < 4.78 is 5.96. The van der Waals surface area contributed by atoms with E-state index in [-0.39, 0.29) is 0 Å². The third-order valence-electron chi connectivity index (χ3n) is 2.38. The lowest BCUT2D eigenvalue weighted by molar-refractivity contribution is 0.185. The van der Waals surface area contributed by atoms with E-state index in [1.807, 2.05) is 30.3 Å². The molecule has 3 N–H and O–H groups in total. The molecule has 0 bridgehead atoms. The Morgan fingerprint density at radius 3 is 2.94 bits per heavy atom. The van der Waals surface area contributed by atoms with Crippen molar-refractivity contribution in [2.45, 2.75) is 6.61 Å². The van der Waals surface area contributed by atoms with E-state index in [9.17, 15) is 0 Å². The summed E-state index contributed by atoms with van der Waals surface area (Å²) in [6.45, 7) is 0.582. The van der Waals surface area contributed by atoms with E-state index in [2.05, 4.69) is 26.2 Å². The van der Waals surface area contributed by atoms with Crippen molar-refractivity contribution in [3.63, 3.8) is 0 Å². The average molecular weight is 308 g/mol. The minimum atomic E-state index is 0.582. The van der Waals surface area contributed by atoms with Crippen LogP contribution in [0.25, 0.3) is 0 Å². The van der Waals surface area contributed by atoms with Crippen molar-refractivity contribution in [1.29, 1.82) is 0 Å². The molecular formula is C13H14BrN3O. The summed E-state index contributed by atoms with van der Waals surface area (Å²) in [4.78, 5) is 4.23. The molecule has 0 aliphatic carbocycles. The lowest BCUT2D eigenvalue weighted by atomic mass is 10.2. The Kier molecular flexibility index (Phi) is 4.17. The Bertz CT molecular complexity index is 546. The third-order valence-corrected chi connectivity index (χ3v) is 2.82. The Morgan fingerprint density at radius 2 is 2.22 bits per heavy atom. The number of aromatic nitrogens is 1. The van der Waals surface area contributed by atoms with Crippen LogP contribution < -0.4 is 11.1 Å². The molecule has 4 nitrogen and oxygen atoms in total. The van der Waals surface area contributed by atoms with Gasteiger partial charge in [0.15, 0.2) is 5.82 Å². The molecule has 0 saturated carbocycles.